The van der Waals surface area contributed by atoms with E-state index >= 15 is 0 Å². The number of aromatic nitrogens is 4. The van der Waals surface area contributed by atoms with E-state index in [1.54, 1.807) is 0 Å². The van der Waals surface area contributed by atoms with Crippen molar-refractivity contribution in [3.05, 3.63) is 0 Å². The van der Waals surface area contributed by atoms with Gasteiger partial charge in [-0.2, -0.15) is 0 Å². The monoisotopic (exact) mass is 195 g/mol. The first-order valence-corrected chi connectivity index (χ1v) is 5.63. The quantitative estimate of drug-likeness (QED) is 0.419. The number of nitrogens with two attached hydrogens (primary N) is 1. The minimum Gasteiger partial charge on any atom is -0.382 e. The van der Waals surface area contributed by atoms with Crippen molar-refractivity contribution in [2.24, 2.45) is 0 Å². The Bertz CT molecular complexity index is 437. The fourth-order valence-corrected chi connectivity index (χ4v) is 2.06. The third-order valence-corrected chi connectivity index (χ3v) is 2.53. The molecule has 5 nitrogen and oxygen atoms in total. The Labute approximate surface area is 74.7 Å². The van der Waals surface area contributed by atoms with Crippen LogP contribution in [0.3, 0.4) is 0 Å². The first-order chi connectivity index (χ1) is 5.66. The number of aromatic amines is 1. The molecular formula is C5H9N5Si2. The number of H-pyrrole nitrogens is 1. The summed E-state index contributed by atoms with van der Waals surface area (Å²) in [6, 6.07) is 0. The van der Waals surface area contributed by atoms with Gasteiger partial charge in [0, 0.05) is 0 Å². The molecule has 0 saturated heterocycles. The lowest BCUT2D eigenvalue weighted by atomic mass is 10.5. The fourth-order valence-electron chi connectivity index (χ4n) is 1.15. The topological polar surface area (TPSA) is 80.5 Å². The van der Waals surface area contributed by atoms with Crippen molar-refractivity contribution < 1.29 is 0 Å². The van der Waals surface area contributed by atoms with Gasteiger partial charge in [-0.1, -0.05) is 0 Å². The zero-order valence-electron chi connectivity index (χ0n) is 6.92. The summed E-state index contributed by atoms with van der Waals surface area (Å²) in [6.07, 6.45) is 0. The third kappa shape index (κ3) is 1.03. The van der Waals surface area contributed by atoms with Crippen molar-refractivity contribution in [1.29, 1.82) is 0 Å². The van der Waals surface area contributed by atoms with Gasteiger partial charge in [0.25, 0.3) is 0 Å². The van der Waals surface area contributed by atoms with E-state index in [9.17, 15) is 0 Å². The average Bonchev–Trinajstić information content (AvgIpc) is 2.29. The Balaban J connectivity index is 2.88. The van der Waals surface area contributed by atoms with Crippen molar-refractivity contribution >= 4 is 48.4 Å². The van der Waals surface area contributed by atoms with Gasteiger partial charge in [0.2, 0.25) is 0 Å². The molecule has 2 heterocycles. The van der Waals surface area contributed by atoms with E-state index < -0.39 is 0 Å². The van der Waals surface area contributed by atoms with Crippen molar-refractivity contribution in [2.45, 2.75) is 0 Å². The SMILES string of the molecule is Nc1nc([SiH3])nc2nc([SiH3])[nH]c12. The second kappa shape index (κ2) is 2.39. The summed E-state index contributed by atoms with van der Waals surface area (Å²) in [5.41, 5.74) is 8.93. The Morgan fingerprint density at radius 2 is 1.92 bits per heavy atom. The van der Waals surface area contributed by atoms with E-state index in [1.165, 1.54) is 0 Å². The molecule has 12 heavy (non-hydrogen) atoms. The average molecular weight is 195 g/mol. The molecule has 0 spiro atoms. The van der Waals surface area contributed by atoms with Gasteiger partial charge in [0.1, 0.15) is 11.0 Å². The summed E-state index contributed by atoms with van der Waals surface area (Å²) in [6.45, 7) is 0. The van der Waals surface area contributed by atoms with Crippen LogP contribution in [0.4, 0.5) is 5.82 Å². The minimum absolute atomic E-state index is 0.514. The molecule has 0 unspecified atom stereocenters. The molecule has 0 amide bonds. The van der Waals surface area contributed by atoms with Crippen LogP contribution in [0.5, 0.6) is 0 Å². The van der Waals surface area contributed by atoms with Crippen molar-refractivity contribution in [2.75, 3.05) is 5.73 Å². The van der Waals surface area contributed by atoms with Crippen LogP contribution in [-0.2, 0) is 0 Å². The Kier molecular flexibility index (Phi) is 1.48. The predicted octanol–water partition coefficient (Wildman–Crippen LogP) is -4.08. The van der Waals surface area contributed by atoms with Gasteiger partial charge in [-0.15, -0.1) is 0 Å². The van der Waals surface area contributed by atoms with Crippen LogP contribution >= 0.6 is 0 Å². The van der Waals surface area contributed by atoms with Crippen LogP contribution in [0.2, 0.25) is 0 Å². The molecule has 0 saturated carbocycles. The fraction of sp³-hybridized carbons (Fsp3) is 0. The lowest BCUT2D eigenvalue weighted by Gasteiger charge is -1.94. The van der Waals surface area contributed by atoms with Gasteiger partial charge in [0.05, 0.1) is 25.9 Å². The first-order valence-electron chi connectivity index (χ1n) is 3.63. The molecule has 0 aliphatic heterocycles. The molecule has 7 heteroatoms. The van der Waals surface area contributed by atoms with Crippen molar-refractivity contribution in [3.63, 3.8) is 0 Å². The van der Waals surface area contributed by atoms with E-state index in [0.29, 0.717) is 11.5 Å². The number of rotatable bonds is 0. The minimum atomic E-state index is 0.514. The highest BCUT2D eigenvalue weighted by Crippen LogP contribution is 2.07. The molecule has 2 aromatic heterocycles. The van der Waals surface area contributed by atoms with Crippen LogP contribution in [0, 0.1) is 0 Å². The van der Waals surface area contributed by atoms with Gasteiger partial charge in [0.15, 0.2) is 11.5 Å². The van der Waals surface area contributed by atoms with E-state index in [2.05, 4.69) is 19.9 Å². The third-order valence-electron chi connectivity index (χ3n) is 1.61. The van der Waals surface area contributed by atoms with Crippen LogP contribution in [0.25, 0.3) is 11.2 Å². The Morgan fingerprint density at radius 3 is 2.67 bits per heavy atom. The molecule has 0 fully saturated rings. The van der Waals surface area contributed by atoms with Gasteiger partial charge >= 0.3 is 0 Å². The Morgan fingerprint density at radius 1 is 1.17 bits per heavy atom. The highest BCUT2D eigenvalue weighted by molar-refractivity contribution is 6.31. The maximum Gasteiger partial charge on any atom is 0.182 e. The molecule has 0 aromatic carbocycles. The number of nitrogens with one attached hydrogen (secondary N) is 1. The molecule has 0 atom stereocenters. The summed E-state index contributed by atoms with van der Waals surface area (Å²) in [7, 11) is 1.69. The van der Waals surface area contributed by atoms with Crippen LogP contribution in [0.15, 0.2) is 0 Å². The molecule has 62 valence electrons. The summed E-state index contributed by atoms with van der Waals surface area (Å²) in [4.78, 5) is 15.6. The summed E-state index contributed by atoms with van der Waals surface area (Å²) in [5, 5.41) is 0. The molecule has 0 bridgehead atoms. The number of hydrogen-bond acceptors (Lipinski definition) is 4. The molecule has 2 rings (SSSR count). The maximum absolute atomic E-state index is 5.69. The number of hydrogen-bond donors (Lipinski definition) is 2. The zero-order chi connectivity index (χ0) is 8.72. The van der Waals surface area contributed by atoms with E-state index in [4.69, 9.17) is 5.73 Å². The number of anilines is 1. The van der Waals surface area contributed by atoms with E-state index in [1.807, 2.05) is 0 Å². The summed E-state index contributed by atoms with van der Waals surface area (Å²) >= 11 is 0. The molecule has 2 aromatic rings. The largest absolute Gasteiger partial charge is 0.382 e. The number of fused-ring (bicyclic) bond motifs is 1. The van der Waals surface area contributed by atoms with Crippen LogP contribution < -0.4 is 16.6 Å². The number of nitrogen functional groups attached to an aromatic ring is 1. The second-order valence-corrected chi connectivity index (χ2v) is 4.52. The van der Waals surface area contributed by atoms with Gasteiger partial charge in [-0.3, -0.25) is 0 Å². The normalized spacial score (nSPS) is 11.3. The highest BCUT2D eigenvalue weighted by Gasteiger charge is 2.05. The first kappa shape index (κ1) is 7.43. The number of nitrogens with zero attached hydrogens (tertiary/aromatic N) is 3. The molecule has 0 aliphatic carbocycles. The molecule has 0 radical (unpaired) electrons. The lowest BCUT2D eigenvalue weighted by Crippen LogP contribution is -2.15. The zero-order valence-corrected chi connectivity index (χ0v) is 10.9. The van der Waals surface area contributed by atoms with Crippen LogP contribution in [-0.4, -0.2) is 40.4 Å². The highest BCUT2D eigenvalue weighted by atomic mass is 28.1. The maximum atomic E-state index is 5.69. The smallest absolute Gasteiger partial charge is 0.182 e. The summed E-state index contributed by atoms with van der Waals surface area (Å²) < 4.78 is 0. The predicted molar refractivity (Wildman–Crippen MR) is 55.2 cm³/mol. The van der Waals surface area contributed by atoms with E-state index in [-0.39, 0.29) is 0 Å². The molecule has 3 N–H and O–H groups in total. The van der Waals surface area contributed by atoms with Gasteiger partial charge < -0.3 is 10.7 Å². The molecule has 0 aliphatic rings. The van der Waals surface area contributed by atoms with Gasteiger partial charge in [-0.25, -0.2) is 15.0 Å². The van der Waals surface area contributed by atoms with Crippen molar-refractivity contribution in [3.8, 4) is 0 Å². The van der Waals surface area contributed by atoms with Crippen molar-refractivity contribution in [1.82, 2.24) is 19.9 Å². The molecular weight excluding hydrogens is 186 g/mol. The number of imidazole rings is 1. The standard InChI is InChI=1S/C5H9N5Si2/c6-2-1-3(9-4(11)7-1)10-5(12)8-2/h11-12H3,(H3,6,7,8,9,10). The summed E-state index contributed by atoms with van der Waals surface area (Å²) in [5.74, 6) is 0.514. The van der Waals surface area contributed by atoms with E-state index in [0.717, 1.165) is 36.9 Å². The van der Waals surface area contributed by atoms with Gasteiger partial charge in [-0.05, 0) is 0 Å². The lowest BCUT2D eigenvalue weighted by molar-refractivity contribution is 1.28. The second-order valence-electron chi connectivity index (χ2n) is 2.68. The van der Waals surface area contributed by atoms with Crippen LogP contribution in [0.1, 0.15) is 0 Å². The Hall–Kier alpha value is -1.22.